The SMILES string of the molecule is CC(=O)c1ccc(N2CCC(C(C)(C)C)C2)nc1. The minimum atomic E-state index is 0.0723. The van der Waals surface area contributed by atoms with Crippen LogP contribution in [0, 0.1) is 11.3 Å². The molecule has 1 atom stereocenters. The lowest BCUT2D eigenvalue weighted by atomic mass is 9.80. The Morgan fingerprint density at radius 2 is 2.11 bits per heavy atom. The average Bonchev–Trinajstić information content (AvgIpc) is 2.78. The molecule has 0 radical (unpaired) electrons. The molecule has 1 fully saturated rings. The maximum Gasteiger partial charge on any atom is 0.161 e. The van der Waals surface area contributed by atoms with Crippen molar-refractivity contribution in [2.45, 2.75) is 34.1 Å². The summed E-state index contributed by atoms with van der Waals surface area (Å²) in [4.78, 5) is 17.9. The number of Topliss-reactive ketones (excluding diaryl/α,β-unsaturated/α-hetero) is 1. The summed E-state index contributed by atoms with van der Waals surface area (Å²) in [6.45, 7) is 10.6. The molecule has 0 bridgehead atoms. The van der Waals surface area contributed by atoms with E-state index in [1.54, 1.807) is 13.1 Å². The Morgan fingerprint density at radius 3 is 2.56 bits per heavy atom. The van der Waals surface area contributed by atoms with E-state index in [4.69, 9.17) is 0 Å². The van der Waals surface area contributed by atoms with Crippen LogP contribution in [0.4, 0.5) is 5.82 Å². The first-order valence-corrected chi connectivity index (χ1v) is 6.60. The van der Waals surface area contributed by atoms with Crippen molar-refractivity contribution in [1.82, 2.24) is 4.98 Å². The van der Waals surface area contributed by atoms with Crippen LogP contribution in [0.15, 0.2) is 18.3 Å². The van der Waals surface area contributed by atoms with E-state index in [1.807, 2.05) is 12.1 Å². The van der Waals surface area contributed by atoms with Gasteiger partial charge in [0.25, 0.3) is 0 Å². The molecule has 0 aliphatic carbocycles. The van der Waals surface area contributed by atoms with Gasteiger partial charge in [-0.3, -0.25) is 4.79 Å². The van der Waals surface area contributed by atoms with Gasteiger partial charge < -0.3 is 4.90 Å². The third-order valence-electron chi connectivity index (χ3n) is 3.89. The van der Waals surface area contributed by atoms with Crippen molar-refractivity contribution in [1.29, 1.82) is 0 Å². The highest BCUT2D eigenvalue weighted by Gasteiger charge is 2.32. The van der Waals surface area contributed by atoms with E-state index >= 15 is 0 Å². The molecule has 1 aromatic rings. The van der Waals surface area contributed by atoms with Crippen molar-refractivity contribution in [3.05, 3.63) is 23.9 Å². The molecule has 0 amide bonds. The highest BCUT2D eigenvalue weighted by atomic mass is 16.1. The van der Waals surface area contributed by atoms with Crippen molar-refractivity contribution in [2.75, 3.05) is 18.0 Å². The molecular weight excluding hydrogens is 224 g/mol. The quantitative estimate of drug-likeness (QED) is 0.752. The van der Waals surface area contributed by atoms with Crippen LogP contribution in [0.25, 0.3) is 0 Å². The molecule has 3 heteroatoms. The zero-order chi connectivity index (χ0) is 13.3. The second kappa shape index (κ2) is 4.71. The summed E-state index contributed by atoms with van der Waals surface area (Å²) in [5, 5.41) is 0. The minimum absolute atomic E-state index is 0.0723. The molecule has 1 aromatic heterocycles. The zero-order valence-corrected chi connectivity index (χ0v) is 11.7. The summed E-state index contributed by atoms with van der Waals surface area (Å²) in [5.74, 6) is 1.78. The van der Waals surface area contributed by atoms with Crippen molar-refractivity contribution in [2.24, 2.45) is 11.3 Å². The van der Waals surface area contributed by atoms with Crippen LogP contribution in [-0.2, 0) is 0 Å². The van der Waals surface area contributed by atoms with E-state index in [9.17, 15) is 4.79 Å². The first-order valence-electron chi connectivity index (χ1n) is 6.60. The molecule has 2 rings (SSSR count). The molecule has 18 heavy (non-hydrogen) atoms. The number of ketones is 1. The number of pyridine rings is 1. The summed E-state index contributed by atoms with van der Waals surface area (Å²) in [6, 6.07) is 3.83. The summed E-state index contributed by atoms with van der Waals surface area (Å²) < 4.78 is 0. The zero-order valence-electron chi connectivity index (χ0n) is 11.7. The fourth-order valence-electron chi connectivity index (χ4n) is 2.46. The number of hydrogen-bond donors (Lipinski definition) is 0. The molecule has 1 unspecified atom stereocenters. The fourth-order valence-corrected chi connectivity index (χ4v) is 2.46. The normalized spacial score (nSPS) is 20.2. The van der Waals surface area contributed by atoms with Gasteiger partial charge in [0.2, 0.25) is 0 Å². The number of aromatic nitrogens is 1. The Labute approximate surface area is 109 Å². The largest absolute Gasteiger partial charge is 0.356 e. The molecule has 98 valence electrons. The Bertz CT molecular complexity index is 431. The highest BCUT2D eigenvalue weighted by molar-refractivity contribution is 5.93. The van der Waals surface area contributed by atoms with Crippen LogP contribution in [0.5, 0.6) is 0 Å². The topological polar surface area (TPSA) is 33.2 Å². The number of nitrogens with zero attached hydrogens (tertiary/aromatic N) is 2. The number of hydrogen-bond acceptors (Lipinski definition) is 3. The van der Waals surface area contributed by atoms with Gasteiger partial charge in [-0.25, -0.2) is 4.98 Å². The maximum absolute atomic E-state index is 11.2. The van der Waals surface area contributed by atoms with Gasteiger partial charge in [-0.2, -0.15) is 0 Å². The summed E-state index contributed by atoms with van der Waals surface area (Å²) in [6.07, 6.45) is 2.90. The van der Waals surface area contributed by atoms with Gasteiger partial charge in [0.05, 0.1) is 0 Å². The highest BCUT2D eigenvalue weighted by Crippen LogP contribution is 2.34. The Morgan fingerprint density at radius 1 is 1.39 bits per heavy atom. The maximum atomic E-state index is 11.2. The van der Waals surface area contributed by atoms with Crippen LogP contribution in [0.3, 0.4) is 0 Å². The second-order valence-corrected chi connectivity index (χ2v) is 6.26. The third kappa shape index (κ3) is 2.71. The molecule has 1 aliphatic heterocycles. The molecule has 0 saturated carbocycles. The van der Waals surface area contributed by atoms with Gasteiger partial charge in [-0.15, -0.1) is 0 Å². The van der Waals surface area contributed by atoms with E-state index in [2.05, 4.69) is 30.7 Å². The summed E-state index contributed by atoms with van der Waals surface area (Å²) >= 11 is 0. The van der Waals surface area contributed by atoms with Crippen molar-refractivity contribution in [3.63, 3.8) is 0 Å². The molecule has 0 aromatic carbocycles. The lowest BCUT2D eigenvalue weighted by Gasteiger charge is -2.27. The molecular formula is C15H22N2O. The summed E-state index contributed by atoms with van der Waals surface area (Å²) in [5.41, 5.74) is 1.04. The minimum Gasteiger partial charge on any atom is -0.356 e. The predicted molar refractivity (Wildman–Crippen MR) is 74.0 cm³/mol. The van der Waals surface area contributed by atoms with Crippen LogP contribution in [0.2, 0.25) is 0 Å². The Kier molecular flexibility index (Phi) is 3.42. The Balaban J connectivity index is 2.08. The van der Waals surface area contributed by atoms with E-state index in [-0.39, 0.29) is 5.78 Å². The predicted octanol–water partition coefficient (Wildman–Crippen LogP) is 3.16. The van der Waals surface area contributed by atoms with Crippen molar-refractivity contribution < 1.29 is 4.79 Å². The summed E-state index contributed by atoms with van der Waals surface area (Å²) in [7, 11) is 0. The molecule has 1 aliphatic rings. The van der Waals surface area contributed by atoms with E-state index in [0.717, 1.165) is 18.9 Å². The van der Waals surface area contributed by atoms with Crippen LogP contribution < -0.4 is 4.90 Å². The van der Waals surface area contributed by atoms with Gasteiger partial charge in [0.15, 0.2) is 5.78 Å². The van der Waals surface area contributed by atoms with Crippen molar-refractivity contribution >= 4 is 11.6 Å². The lowest BCUT2D eigenvalue weighted by molar-refractivity contribution is 0.101. The second-order valence-electron chi connectivity index (χ2n) is 6.26. The first kappa shape index (κ1) is 13.1. The number of carbonyl (C=O) groups excluding carboxylic acids is 1. The van der Waals surface area contributed by atoms with E-state index < -0.39 is 0 Å². The number of anilines is 1. The monoisotopic (exact) mass is 246 g/mol. The van der Waals surface area contributed by atoms with Crippen LogP contribution in [-0.4, -0.2) is 23.9 Å². The third-order valence-corrected chi connectivity index (χ3v) is 3.89. The van der Waals surface area contributed by atoms with Gasteiger partial charge in [-0.05, 0) is 36.8 Å². The van der Waals surface area contributed by atoms with Crippen LogP contribution >= 0.6 is 0 Å². The van der Waals surface area contributed by atoms with Gasteiger partial charge in [0.1, 0.15) is 5.82 Å². The van der Waals surface area contributed by atoms with Gasteiger partial charge in [0, 0.05) is 24.8 Å². The molecule has 0 spiro atoms. The Hall–Kier alpha value is -1.38. The van der Waals surface area contributed by atoms with E-state index in [1.165, 1.54) is 6.42 Å². The number of carbonyl (C=O) groups is 1. The van der Waals surface area contributed by atoms with Gasteiger partial charge >= 0.3 is 0 Å². The molecule has 2 heterocycles. The number of rotatable bonds is 2. The smallest absolute Gasteiger partial charge is 0.161 e. The average molecular weight is 246 g/mol. The van der Waals surface area contributed by atoms with Gasteiger partial charge in [-0.1, -0.05) is 20.8 Å². The van der Waals surface area contributed by atoms with Crippen LogP contribution in [0.1, 0.15) is 44.5 Å². The molecule has 0 N–H and O–H groups in total. The molecule has 1 saturated heterocycles. The lowest BCUT2D eigenvalue weighted by Crippen LogP contribution is -2.26. The fraction of sp³-hybridized carbons (Fsp3) is 0.600. The van der Waals surface area contributed by atoms with E-state index in [0.29, 0.717) is 16.9 Å². The standard InChI is InChI=1S/C15H22N2O/c1-11(18)12-5-6-14(16-9-12)17-8-7-13(10-17)15(2,3)4/h5-6,9,13H,7-8,10H2,1-4H3. The first-order chi connectivity index (χ1) is 8.38. The molecule has 3 nitrogen and oxygen atoms in total. The van der Waals surface area contributed by atoms with Crippen molar-refractivity contribution in [3.8, 4) is 0 Å².